The van der Waals surface area contributed by atoms with E-state index in [4.69, 9.17) is 21.1 Å². The normalized spacial score (nSPS) is 9.57. The smallest absolute Gasteiger partial charge is 0.123 e. The summed E-state index contributed by atoms with van der Waals surface area (Å²) in [6.07, 6.45) is 1.69. The van der Waals surface area contributed by atoms with Crippen molar-refractivity contribution < 1.29 is 9.47 Å². The summed E-state index contributed by atoms with van der Waals surface area (Å²) >= 11 is 5.73. The summed E-state index contributed by atoms with van der Waals surface area (Å²) in [4.78, 5) is 0. The van der Waals surface area contributed by atoms with Gasteiger partial charge >= 0.3 is 0 Å². The third-order valence-electron chi connectivity index (χ3n) is 1.70. The standard InChI is InChI=1S/C11H13ClO2/c1-3-4-14-11-6-9(8-12)5-10(7-11)13-2/h3,5-7H,1,4,8H2,2H3. The number of ether oxygens (including phenoxy) is 2. The van der Waals surface area contributed by atoms with Crippen LogP contribution in [0.15, 0.2) is 30.9 Å². The molecule has 0 saturated carbocycles. The van der Waals surface area contributed by atoms with Gasteiger partial charge in [0.05, 0.1) is 7.11 Å². The number of alkyl halides is 1. The van der Waals surface area contributed by atoms with Crippen LogP contribution in [-0.2, 0) is 5.88 Å². The van der Waals surface area contributed by atoms with E-state index >= 15 is 0 Å². The van der Waals surface area contributed by atoms with Gasteiger partial charge in [-0.3, -0.25) is 0 Å². The van der Waals surface area contributed by atoms with E-state index in [-0.39, 0.29) is 0 Å². The van der Waals surface area contributed by atoms with Crippen LogP contribution in [0.25, 0.3) is 0 Å². The van der Waals surface area contributed by atoms with Crippen molar-refractivity contribution in [2.45, 2.75) is 5.88 Å². The summed E-state index contributed by atoms with van der Waals surface area (Å²) in [5.74, 6) is 1.95. The van der Waals surface area contributed by atoms with Gasteiger partial charge in [0.15, 0.2) is 0 Å². The van der Waals surface area contributed by atoms with E-state index in [1.54, 1.807) is 13.2 Å². The van der Waals surface area contributed by atoms with E-state index in [9.17, 15) is 0 Å². The van der Waals surface area contributed by atoms with Gasteiger partial charge in [-0.05, 0) is 17.7 Å². The molecule has 0 spiro atoms. The molecule has 0 atom stereocenters. The second-order valence-corrected chi connectivity index (χ2v) is 3.02. The van der Waals surface area contributed by atoms with Crippen LogP contribution in [-0.4, -0.2) is 13.7 Å². The van der Waals surface area contributed by atoms with Crippen LogP contribution < -0.4 is 9.47 Å². The molecule has 0 unspecified atom stereocenters. The molecule has 1 aromatic carbocycles. The molecule has 0 bridgehead atoms. The highest BCUT2D eigenvalue weighted by atomic mass is 35.5. The van der Waals surface area contributed by atoms with Gasteiger partial charge in [0, 0.05) is 11.9 Å². The Kier molecular flexibility index (Phi) is 4.33. The number of benzene rings is 1. The first kappa shape index (κ1) is 10.9. The van der Waals surface area contributed by atoms with E-state index in [0.717, 1.165) is 17.1 Å². The van der Waals surface area contributed by atoms with E-state index in [1.165, 1.54) is 0 Å². The van der Waals surface area contributed by atoms with E-state index in [0.29, 0.717) is 12.5 Å². The van der Waals surface area contributed by atoms with Gasteiger partial charge in [-0.2, -0.15) is 0 Å². The minimum absolute atomic E-state index is 0.446. The summed E-state index contributed by atoms with van der Waals surface area (Å²) < 4.78 is 10.5. The largest absolute Gasteiger partial charge is 0.497 e. The number of halogens is 1. The fourth-order valence-electron chi connectivity index (χ4n) is 1.06. The molecule has 2 nitrogen and oxygen atoms in total. The van der Waals surface area contributed by atoms with Crippen LogP contribution in [0.3, 0.4) is 0 Å². The Labute approximate surface area is 89.1 Å². The summed E-state index contributed by atoms with van der Waals surface area (Å²) in [7, 11) is 1.62. The van der Waals surface area contributed by atoms with Crippen molar-refractivity contribution in [3.05, 3.63) is 36.4 Å². The van der Waals surface area contributed by atoms with E-state index in [2.05, 4.69) is 6.58 Å². The van der Waals surface area contributed by atoms with Crippen LogP contribution in [0.5, 0.6) is 11.5 Å². The number of hydrogen-bond acceptors (Lipinski definition) is 2. The molecule has 0 saturated heterocycles. The van der Waals surface area contributed by atoms with Gasteiger partial charge in [0.1, 0.15) is 18.1 Å². The first-order valence-electron chi connectivity index (χ1n) is 4.27. The molecule has 0 aliphatic rings. The Bertz CT molecular complexity index is 288. The topological polar surface area (TPSA) is 18.5 Å². The minimum Gasteiger partial charge on any atom is -0.497 e. The fourth-order valence-corrected chi connectivity index (χ4v) is 1.22. The summed E-state index contributed by atoms with van der Waals surface area (Å²) in [6.45, 7) is 4.06. The Morgan fingerprint density at radius 2 is 2.07 bits per heavy atom. The van der Waals surface area contributed by atoms with Crippen LogP contribution in [0.1, 0.15) is 5.56 Å². The molecule has 76 valence electrons. The Balaban J connectivity index is 2.86. The van der Waals surface area contributed by atoms with Crippen molar-refractivity contribution in [1.82, 2.24) is 0 Å². The second-order valence-electron chi connectivity index (χ2n) is 2.75. The SMILES string of the molecule is C=CCOc1cc(CCl)cc(OC)c1. The molecule has 0 heterocycles. The molecule has 0 aliphatic heterocycles. The highest BCUT2D eigenvalue weighted by Crippen LogP contribution is 2.23. The highest BCUT2D eigenvalue weighted by molar-refractivity contribution is 6.17. The summed E-state index contributed by atoms with van der Waals surface area (Å²) in [5, 5.41) is 0. The molecule has 0 N–H and O–H groups in total. The zero-order valence-electron chi connectivity index (χ0n) is 8.13. The molecule has 1 rings (SSSR count). The van der Waals surface area contributed by atoms with Crippen molar-refractivity contribution in [2.24, 2.45) is 0 Å². The van der Waals surface area contributed by atoms with Gasteiger partial charge in [-0.25, -0.2) is 0 Å². The zero-order valence-corrected chi connectivity index (χ0v) is 8.88. The predicted octanol–water partition coefficient (Wildman–Crippen LogP) is 3.00. The van der Waals surface area contributed by atoms with Gasteiger partial charge in [-0.1, -0.05) is 12.7 Å². The van der Waals surface area contributed by atoms with Crippen LogP contribution in [0.2, 0.25) is 0 Å². The van der Waals surface area contributed by atoms with Crippen molar-refractivity contribution in [3.63, 3.8) is 0 Å². The monoisotopic (exact) mass is 212 g/mol. The number of methoxy groups -OCH3 is 1. The third kappa shape index (κ3) is 2.96. The Hall–Kier alpha value is -1.15. The quantitative estimate of drug-likeness (QED) is 0.552. The molecule has 0 fully saturated rings. The van der Waals surface area contributed by atoms with E-state index in [1.807, 2.05) is 18.2 Å². The van der Waals surface area contributed by atoms with Gasteiger partial charge in [-0.15, -0.1) is 11.6 Å². The van der Waals surface area contributed by atoms with Crippen molar-refractivity contribution in [1.29, 1.82) is 0 Å². The summed E-state index contributed by atoms with van der Waals surface area (Å²) in [5.41, 5.74) is 0.977. The molecule has 0 radical (unpaired) electrons. The lowest BCUT2D eigenvalue weighted by atomic mass is 10.2. The van der Waals surface area contributed by atoms with Crippen LogP contribution in [0, 0.1) is 0 Å². The molecular formula is C11H13ClO2. The Morgan fingerprint density at radius 3 is 2.64 bits per heavy atom. The maximum absolute atomic E-state index is 5.73. The van der Waals surface area contributed by atoms with E-state index < -0.39 is 0 Å². The van der Waals surface area contributed by atoms with Crippen LogP contribution in [0.4, 0.5) is 0 Å². The molecule has 0 aliphatic carbocycles. The molecule has 3 heteroatoms. The van der Waals surface area contributed by atoms with Gasteiger partial charge < -0.3 is 9.47 Å². The minimum atomic E-state index is 0.446. The second kappa shape index (κ2) is 5.55. The number of hydrogen-bond donors (Lipinski definition) is 0. The van der Waals surface area contributed by atoms with Crippen molar-refractivity contribution in [2.75, 3.05) is 13.7 Å². The fraction of sp³-hybridized carbons (Fsp3) is 0.273. The Morgan fingerprint density at radius 1 is 1.36 bits per heavy atom. The highest BCUT2D eigenvalue weighted by Gasteiger charge is 2.00. The average molecular weight is 213 g/mol. The first-order chi connectivity index (χ1) is 6.80. The predicted molar refractivity (Wildman–Crippen MR) is 58.2 cm³/mol. The maximum atomic E-state index is 5.73. The summed E-state index contributed by atoms with van der Waals surface area (Å²) in [6, 6.07) is 5.59. The van der Waals surface area contributed by atoms with Gasteiger partial charge in [0.2, 0.25) is 0 Å². The van der Waals surface area contributed by atoms with Crippen molar-refractivity contribution >= 4 is 11.6 Å². The molecule has 0 amide bonds. The average Bonchev–Trinajstić information content (AvgIpc) is 2.25. The maximum Gasteiger partial charge on any atom is 0.123 e. The third-order valence-corrected chi connectivity index (χ3v) is 2.01. The van der Waals surface area contributed by atoms with Crippen molar-refractivity contribution in [3.8, 4) is 11.5 Å². The van der Waals surface area contributed by atoms with Crippen LogP contribution >= 0.6 is 11.6 Å². The lowest BCUT2D eigenvalue weighted by molar-refractivity contribution is 0.356. The van der Waals surface area contributed by atoms with Gasteiger partial charge in [0.25, 0.3) is 0 Å². The molecule has 0 aromatic heterocycles. The molecular weight excluding hydrogens is 200 g/mol. The number of rotatable bonds is 5. The zero-order chi connectivity index (χ0) is 10.4. The lowest BCUT2D eigenvalue weighted by Crippen LogP contribution is -1.94. The first-order valence-corrected chi connectivity index (χ1v) is 4.81. The molecule has 14 heavy (non-hydrogen) atoms. The molecule has 1 aromatic rings. The lowest BCUT2D eigenvalue weighted by Gasteiger charge is -2.07.